The third kappa shape index (κ3) is 5.33. The lowest BCUT2D eigenvalue weighted by Crippen LogP contribution is -2.45. The van der Waals surface area contributed by atoms with Gasteiger partial charge in [0.1, 0.15) is 0 Å². The first-order valence-corrected chi connectivity index (χ1v) is 7.40. The summed E-state index contributed by atoms with van der Waals surface area (Å²) in [4.78, 5) is 0. The van der Waals surface area contributed by atoms with E-state index >= 15 is 0 Å². The summed E-state index contributed by atoms with van der Waals surface area (Å²) in [6.45, 7) is 9.85. The molecule has 0 saturated carbocycles. The molecule has 0 aliphatic rings. The van der Waals surface area contributed by atoms with Crippen LogP contribution >= 0.6 is 0 Å². The summed E-state index contributed by atoms with van der Waals surface area (Å²) < 4.78 is 5.71. The maximum absolute atomic E-state index is 5.71. The molecular weight excluding hydrogens is 234 g/mol. The Balaban J connectivity index is 2.78. The zero-order valence-electron chi connectivity index (χ0n) is 13.1. The Kier molecular flexibility index (Phi) is 7.11. The van der Waals surface area contributed by atoms with Crippen LogP contribution in [0.3, 0.4) is 0 Å². The minimum absolute atomic E-state index is 0.257. The number of nitrogens with one attached hydrogen (secondary N) is 1. The summed E-state index contributed by atoms with van der Waals surface area (Å²) in [6, 6.07) is 9.15. The van der Waals surface area contributed by atoms with E-state index in [1.807, 2.05) is 7.11 Å². The molecule has 108 valence electrons. The highest BCUT2D eigenvalue weighted by Gasteiger charge is 2.23. The summed E-state index contributed by atoms with van der Waals surface area (Å²) in [5.74, 6) is 0.518. The Morgan fingerprint density at radius 1 is 1.26 bits per heavy atom. The van der Waals surface area contributed by atoms with E-state index in [-0.39, 0.29) is 6.10 Å². The summed E-state index contributed by atoms with van der Waals surface area (Å²) in [6.07, 6.45) is 2.43. The fraction of sp³-hybridized carbons (Fsp3) is 0.647. The summed E-state index contributed by atoms with van der Waals surface area (Å²) in [7, 11) is 1.82. The maximum atomic E-state index is 5.71. The van der Waals surface area contributed by atoms with Crippen molar-refractivity contribution >= 4 is 0 Å². The van der Waals surface area contributed by atoms with Crippen molar-refractivity contribution in [2.24, 2.45) is 5.92 Å². The molecule has 0 aromatic heterocycles. The molecule has 0 saturated heterocycles. The second kappa shape index (κ2) is 8.34. The first-order chi connectivity index (χ1) is 9.08. The maximum Gasteiger partial charge on any atom is 0.0750 e. The molecular formula is C17H29NO. The third-order valence-corrected chi connectivity index (χ3v) is 3.52. The average molecular weight is 263 g/mol. The minimum atomic E-state index is 0.257. The molecule has 2 atom stereocenters. The van der Waals surface area contributed by atoms with Gasteiger partial charge in [-0.1, -0.05) is 50.6 Å². The van der Waals surface area contributed by atoms with Crippen LogP contribution < -0.4 is 5.32 Å². The first kappa shape index (κ1) is 16.2. The SMILES string of the molecule is CCCNC(Cc1cccc(C)c1)C(OC)C(C)C. The van der Waals surface area contributed by atoms with Crippen molar-refractivity contribution in [2.75, 3.05) is 13.7 Å². The molecule has 2 nitrogen and oxygen atoms in total. The van der Waals surface area contributed by atoms with Crippen molar-refractivity contribution in [3.8, 4) is 0 Å². The number of methoxy groups -OCH3 is 1. The molecule has 19 heavy (non-hydrogen) atoms. The van der Waals surface area contributed by atoms with Gasteiger partial charge in [-0.15, -0.1) is 0 Å². The summed E-state index contributed by atoms with van der Waals surface area (Å²) >= 11 is 0. The van der Waals surface area contributed by atoms with E-state index in [9.17, 15) is 0 Å². The molecule has 0 spiro atoms. The standard InChI is InChI=1S/C17H29NO/c1-6-10-18-16(17(19-5)13(2)3)12-15-9-7-8-14(4)11-15/h7-9,11,13,16-18H,6,10,12H2,1-5H3. The van der Waals surface area contributed by atoms with E-state index in [2.05, 4.69) is 57.3 Å². The molecule has 0 heterocycles. The van der Waals surface area contributed by atoms with Crippen LogP contribution in [-0.2, 0) is 11.2 Å². The minimum Gasteiger partial charge on any atom is -0.380 e. The molecule has 1 rings (SSSR count). The van der Waals surface area contributed by atoms with Crippen LogP contribution in [0.2, 0.25) is 0 Å². The Morgan fingerprint density at radius 3 is 2.53 bits per heavy atom. The van der Waals surface area contributed by atoms with Gasteiger partial charge in [-0.25, -0.2) is 0 Å². The van der Waals surface area contributed by atoms with Crippen LogP contribution in [0.1, 0.15) is 38.3 Å². The van der Waals surface area contributed by atoms with E-state index in [0.717, 1.165) is 19.4 Å². The second-order valence-corrected chi connectivity index (χ2v) is 5.70. The van der Waals surface area contributed by atoms with Gasteiger partial charge in [-0.3, -0.25) is 0 Å². The molecule has 2 unspecified atom stereocenters. The number of ether oxygens (including phenoxy) is 1. The lowest BCUT2D eigenvalue weighted by atomic mass is 9.93. The summed E-state index contributed by atoms with van der Waals surface area (Å²) in [5.41, 5.74) is 2.71. The largest absolute Gasteiger partial charge is 0.380 e. The van der Waals surface area contributed by atoms with E-state index in [1.54, 1.807) is 0 Å². The Bertz CT molecular complexity index is 362. The molecule has 0 bridgehead atoms. The van der Waals surface area contributed by atoms with Crippen molar-refractivity contribution in [2.45, 2.75) is 52.7 Å². The van der Waals surface area contributed by atoms with Gasteiger partial charge >= 0.3 is 0 Å². The molecule has 0 aliphatic carbocycles. The lowest BCUT2D eigenvalue weighted by molar-refractivity contribution is 0.0332. The third-order valence-electron chi connectivity index (χ3n) is 3.52. The van der Waals surface area contributed by atoms with Crippen LogP contribution in [0.15, 0.2) is 24.3 Å². The van der Waals surface area contributed by atoms with Gasteiger partial charge in [0, 0.05) is 13.2 Å². The van der Waals surface area contributed by atoms with Crippen LogP contribution in [0.4, 0.5) is 0 Å². The molecule has 0 aliphatic heterocycles. The van der Waals surface area contributed by atoms with Gasteiger partial charge in [0.2, 0.25) is 0 Å². The Hall–Kier alpha value is -0.860. The van der Waals surface area contributed by atoms with Crippen molar-refractivity contribution < 1.29 is 4.74 Å². The van der Waals surface area contributed by atoms with Gasteiger partial charge in [-0.2, -0.15) is 0 Å². The average Bonchev–Trinajstić information content (AvgIpc) is 2.36. The normalized spacial score (nSPS) is 14.6. The molecule has 0 radical (unpaired) electrons. The quantitative estimate of drug-likeness (QED) is 0.774. The number of aryl methyl sites for hydroxylation is 1. The van der Waals surface area contributed by atoms with E-state index in [0.29, 0.717) is 12.0 Å². The Morgan fingerprint density at radius 2 is 2.00 bits per heavy atom. The van der Waals surface area contributed by atoms with Gasteiger partial charge in [0.15, 0.2) is 0 Å². The van der Waals surface area contributed by atoms with Crippen LogP contribution in [0, 0.1) is 12.8 Å². The fourth-order valence-corrected chi connectivity index (χ4v) is 2.63. The number of benzene rings is 1. The fourth-order valence-electron chi connectivity index (χ4n) is 2.63. The predicted molar refractivity (Wildman–Crippen MR) is 82.6 cm³/mol. The van der Waals surface area contributed by atoms with Crippen LogP contribution in [0.25, 0.3) is 0 Å². The van der Waals surface area contributed by atoms with Crippen molar-refractivity contribution in [3.05, 3.63) is 35.4 Å². The van der Waals surface area contributed by atoms with E-state index in [4.69, 9.17) is 4.74 Å². The highest BCUT2D eigenvalue weighted by atomic mass is 16.5. The van der Waals surface area contributed by atoms with E-state index < -0.39 is 0 Å². The predicted octanol–water partition coefficient (Wildman–Crippen LogP) is 3.58. The van der Waals surface area contributed by atoms with Gasteiger partial charge in [-0.05, 0) is 37.8 Å². The number of rotatable bonds is 8. The first-order valence-electron chi connectivity index (χ1n) is 7.40. The van der Waals surface area contributed by atoms with Crippen molar-refractivity contribution in [1.82, 2.24) is 5.32 Å². The van der Waals surface area contributed by atoms with Gasteiger partial charge < -0.3 is 10.1 Å². The van der Waals surface area contributed by atoms with E-state index in [1.165, 1.54) is 11.1 Å². The zero-order valence-corrected chi connectivity index (χ0v) is 13.1. The second-order valence-electron chi connectivity index (χ2n) is 5.70. The molecule has 1 aromatic carbocycles. The van der Waals surface area contributed by atoms with Crippen LogP contribution in [0.5, 0.6) is 0 Å². The van der Waals surface area contributed by atoms with Crippen molar-refractivity contribution in [1.29, 1.82) is 0 Å². The van der Waals surface area contributed by atoms with Gasteiger partial charge in [0.25, 0.3) is 0 Å². The highest BCUT2D eigenvalue weighted by Crippen LogP contribution is 2.16. The summed E-state index contributed by atoms with van der Waals surface area (Å²) in [5, 5.41) is 3.64. The molecule has 1 N–H and O–H groups in total. The molecule has 1 aromatic rings. The van der Waals surface area contributed by atoms with Crippen LogP contribution in [-0.4, -0.2) is 25.8 Å². The molecule has 0 fully saturated rings. The van der Waals surface area contributed by atoms with Crippen molar-refractivity contribution in [3.63, 3.8) is 0 Å². The smallest absolute Gasteiger partial charge is 0.0750 e. The molecule has 0 amide bonds. The number of hydrogen-bond acceptors (Lipinski definition) is 2. The number of hydrogen-bond donors (Lipinski definition) is 1. The topological polar surface area (TPSA) is 21.3 Å². The zero-order chi connectivity index (χ0) is 14.3. The molecule has 2 heteroatoms. The lowest BCUT2D eigenvalue weighted by Gasteiger charge is -2.30. The van der Waals surface area contributed by atoms with Gasteiger partial charge in [0.05, 0.1) is 6.10 Å². The Labute approximate surface area is 118 Å². The highest BCUT2D eigenvalue weighted by molar-refractivity contribution is 5.23. The monoisotopic (exact) mass is 263 g/mol.